The number of hydrogen-bond donors (Lipinski definition) is 2. The molecule has 11 heteroatoms. The fourth-order valence-electron chi connectivity index (χ4n) is 3.74. The molecule has 0 aliphatic carbocycles. The number of aromatic nitrogens is 1. The summed E-state index contributed by atoms with van der Waals surface area (Å²) >= 11 is 4.83. The number of morpholine rings is 1. The van der Waals surface area contributed by atoms with Crippen LogP contribution in [0, 0.1) is 5.82 Å². The van der Waals surface area contributed by atoms with Crippen molar-refractivity contribution in [2.75, 3.05) is 40.0 Å². The van der Waals surface area contributed by atoms with Gasteiger partial charge in [-0.2, -0.15) is 0 Å². The molecule has 0 amide bonds. The molecule has 3 heterocycles. The molecule has 8 nitrogen and oxygen atoms in total. The Morgan fingerprint density at radius 3 is 3.03 bits per heavy atom. The summed E-state index contributed by atoms with van der Waals surface area (Å²) in [5.41, 5.74) is 1.54. The van der Waals surface area contributed by atoms with Crippen LogP contribution in [0.25, 0.3) is 0 Å². The van der Waals surface area contributed by atoms with Gasteiger partial charge in [0, 0.05) is 34.8 Å². The molecule has 1 unspecified atom stereocenters. The van der Waals surface area contributed by atoms with Gasteiger partial charge in [0.25, 0.3) is 0 Å². The average molecular weight is 525 g/mol. The summed E-state index contributed by atoms with van der Waals surface area (Å²) in [5.74, 6) is -0.427. The Labute approximate surface area is 196 Å². The van der Waals surface area contributed by atoms with Gasteiger partial charge in [0.05, 0.1) is 38.5 Å². The second-order valence-corrected chi connectivity index (χ2v) is 9.02. The van der Waals surface area contributed by atoms with Gasteiger partial charge in [-0.15, -0.1) is 11.3 Å². The molecular formula is C21H22BrFN4O4S. The zero-order valence-corrected chi connectivity index (χ0v) is 19.7. The van der Waals surface area contributed by atoms with Gasteiger partial charge in [0.2, 0.25) is 0 Å². The van der Waals surface area contributed by atoms with Crippen molar-refractivity contribution >= 4 is 39.1 Å². The highest BCUT2D eigenvalue weighted by Crippen LogP contribution is 2.37. The van der Waals surface area contributed by atoms with Crippen LogP contribution in [0.15, 0.2) is 50.5 Å². The Hall–Kier alpha value is -2.18. The summed E-state index contributed by atoms with van der Waals surface area (Å²) in [4.78, 5) is 24.1. The van der Waals surface area contributed by atoms with Crippen LogP contribution in [0.5, 0.6) is 0 Å². The van der Waals surface area contributed by atoms with Crippen LogP contribution in [0.3, 0.4) is 0 Å². The van der Waals surface area contributed by atoms with E-state index in [1.165, 1.54) is 30.6 Å². The van der Waals surface area contributed by atoms with Gasteiger partial charge < -0.3 is 19.9 Å². The van der Waals surface area contributed by atoms with Gasteiger partial charge in [0.15, 0.2) is 10.8 Å². The minimum absolute atomic E-state index is 0.0683. The van der Waals surface area contributed by atoms with Crippen LogP contribution >= 0.6 is 27.3 Å². The van der Waals surface area contributed by atoms with Gasteiger partial charge in [-0.05, 0) is 17.7 Å². The molecule has 1 saturated heterocycles. The van der Waals surface area contributed by atoms with Crippen molar-refractivity contribution in [3.63, 3.8) is 0 Å². The molecule has 0 bridgehead atoms. The normalized spacial score (nSPS) is 21.8. The van der Waals surface area contributed by atoms with Crippen LogP contribution in [-0.2, 0) is 14.3 Å². The molecular weight excluding hydrogens is 503 g/mol. The summed E-state index contributed by atoms with van der Waals surface area (Å²) in [6, 6.07) is 3.34. The summed E-state index contributed by atoms with van der Waals surface area (Å²) in [5, 5.41) is 15.6. The molecule has 32 heavy (non-hydrogen) atoms. The van der Waals surface area contributed by atoms with Crippen LogP contribution in [-0.4, -0.2) is 72.9 Å². The topological polar surface area (TPSA) is 96.3 Å². The lowest BCUT2D eigenvalue weighted by molar-refractivity contribution is -0.136. The lowest BCUT2D eigenvalue weighted by Crippen LogP contribution is -2.50. The molecule has 1 aromatic heterocycles. The first-order chi connectivity index (χ1) is 15.5. The standard InChI is InChI=1S/C21H22BrFN4O4S/c1-30-21(29)17-16(9-27-5-6-31-11-13(27)10-28)25-19(20-24-4-7-32-20)26-18(17)14-3-2-12(23)8-15(14)22/h2-4,7-8,13,18,28H,5-6,9-11H2,1H3,(H,25,26)/t13-,18?/m0/s1. The van der Waals surface area contributed by atoms with E-state index < -0.39 is 17.8 Å². The summed E-state index contributed by atoms with van der Waals surface area (Å²) in [7, 11) is 1.31. The molecule has 2 N–H and O–H groups in total. The minimum Gasteiger partial charge on any atom is -0.466 e. The number of esters is 1. The van der Waals surface area contributed by atoms with E-state index >= 15 is 0 Å². The van der Waals surface area contributed by atoms with E-state index in [1.807, 2.05) is 5.38 Å². The number of methoxy groups -OCH3 is 1. The van der Waals surface area contributed by atoms with Crippen LogP contribution < -0.4 is 5.32 Å². The maximum Gasteiger partial charge on any atom is 0.338 e. The first kappa shape index (κ1) is 23.0. The number of aliphatic imine (C=N–C) groups is 1. The zero-order valence-electron chi connectivity index (χ0n) is 17.3. The number of thiazole rings is 1. The van der Waals surface area contributed by atoms with Gasteiger partial charge in [-0.25, -0.2) is 14.2 Å². The van der Waals surface area contributed by atoms with Crippen LogP contribution in [0.1, 0.15) is 16.6 Å². The Kier molecular flexibility index (Phi) is 7.31. The molecule has 2 aromatic rings. The van der Waals surface area contributed by atoms with Gasteiger partial charge in [-0.1, -0.05) is 22.0 Å². The third-order valence-electron chi connectivity index (χ3n) is 5.34. The van der Waals surface area contributed by atoms with E-state index in [1.54, 1.807) is 12.3 Å². The summed E-state index contributed by atoms with van der Waals surface area (Å²) in [6.45, 7) is 1.80. The maximum absolute atomic E-state index is 13.8. The number of carbonyl (C=O) groups excluding carboxylic acids is 1. The van der Waals surface area contributed by atoms with Crippen molar-refractivity contribution in [1.29, 1.82) is 0 Å². The number of aliphatic hydroxyl groups is 1. The van der Waals surface area contributed by atoms with Crippen molar-refractivity contribution in [2.24, 2.45) is 4.99 Å². The van der Waals surface area contributed by atoms with E-state index in [0.29, 0.717) is 58.5 Å². The number of carbonyl (C=O) groups is 1. The van der Waals surface area contributed by atoms with E-state index in [9.17, 15) is 14.3 Å². The number of rotatable bonds is 6. The van der Waals surface area contributed by atoms with Crippen molar-refractivity contribution in [3.8, 4) is 0 Å². The quantitative estimate of drug-likeness (QED) is 0.559. The van der Waals surface area contributed by atoms with E-state index in [4.69, 9.17) is 14.5 Å². The highest BCUT2D eigenvalue weighted by Gasteiger charge is 2.35. The predicted molar refractivity (Wildman–Crippen MR) is 121 cm³/mol. The second-order valence-electron chi connectivity index (χ2n) is 7.27. The fourth-order valence-corrected chi connectivity index (χ4v) is 4.89. The summed E-state index contributed by atoms with van der Waals surface area (Å²) < 4.78 is 24.8. The first-order valence-corrected chi connectivity index (χ1v) is 11.6. The molecule has 170 valence electrons. The number of amidine groups is 1. The average Bonchev–Trinajstić information content (AvgIpc) is 3.33. The summed E-state index contributed by atoms with van der Waals surface area (Å²) in [6.07, 6.45) is 1.68. The zero-order chi connectivity index (χ0) is 22.7. The van der Waals surface area contributed by atoms with E-state index in [0.717, 1.165) is 0 Å². The van der Waals surface area contributed by atoms with Gasteiger partial charge >= 0.3 is 5.97 Å². The monoisotopic (exact) mass is 524 g/mol. The van der Waals surface area contributed by atoms with Crippen molar-refractivity contribution in [3.05, 3.63) is 61.9 Å². The number of halogens is 2. The second kappa shape index (κ2) is 10.2. The molecule has 0 radical (unpaired) electrons. The Morgan fingerprint density at radius 1 is 1.50 bits per heavy atom. The number of benzene rings is 1. The molecule has 2 aliphatic heterocycles. The SMILES string of the molecule is COC(=O)C1=C(CN2CCOC[C@@H]2CO)NC(c2nccs2)=NC1c1ccc(F)cc1Br. The Morgan fingerprint density at radius 2 is 2.34 bits per heavy atom. The minimum atomic E-state index is -0.735. The lowest BCUT2D eigenvalue weighted by atomic mass is 9.95. The molecule has 1 aromatic carbocycles. The largest absolute Gasteiger partial charge is 0.466 e. The van der Waals surface area contributed by atoms with E-state index in [2.05, 4.69) is 31.1 Å². The third kappa shape index (κ3) is 4.76. The molecule has 4 rings (SSSR count). The number of ether oxygens (including phenoxy) is 2. The van der Waals surface area contributed by atoms with Gasteiger partial charge in [-0.3, -0.25) is 9.89 Å². The lowest BCUT2D eigenvalue weighted by Gasteiger charge is -2.37. The molecule has 1 fully saturated rings. The number of nitrogens with zero attached hydrogens (tertiary/aromatic N) is 3. The molecule has 2 aliphatic rings. The Balaban J connectivity index is 1.82. The van der Waals surface area contributed by atoms with Crippen LogP contribution in [0.4, 0.5) is 4.39 Å². The smallest absolute Gasteiger partial charge is 0.338 e. The number of aliphatic hydroxyl groups excluding tert-OH is 1. The number of nitrogens with one attached hydrogen (secondary N) is 1. The number of hydrogen-bond acceptors (Lipinski definition) is 9. The molecule has 0 saturated carbocycles. The third-order valence-corrected chi connectivity index (χ3v) is 6.81. The maximum atomic E-state index is 13.8. The van der Waals surface area contributed by atoms with E-state index in [-0.39, 0.29) is 12.6 Å². The molecule has 0 spiro atoms. The molecule has 2 atom stereocenters. The predicted octanol–water partition coefficient (Wildman–Crippen LogP) is 2.26. The highest BCUT2D eigenvalue weighted by atomic mass is 79.9. The van der Waals surface area contributed by atoms with Crippen molar-refractivity contribution < 1.29 is 23.8 Å². The van der Waals surface area contributed by atoms with Gasteiger partial charge in [0.1, 0.15) is 11.9 Å². The first-order valence-electron chi connectivity index (χ1n) is 9.95. The Bertz CT molecular complexity index is 1050. The fraction of sp³-hybridized carbons (Fsp3) is 0.381. The highest BCUT2D eigenvalue weighted by molar-refractivity contribution is 9.10. The van der Waals surface area contributed by atoms with Crippen LogP contribution in [0.2, 0.25) is 0 Å². The van der Waals surface area contributed by atoms with Crippen molar-refractivity contribution in [2.45, 2.75) is 12.1 Å². The van der Waals surface area contributed by atoms with Crippen molar-refractivity contribution in [1.82, 2.24) is 15.2 Å².